The molecule has 0 spiro atoms. The molecule has 0 aliphatic heterocycles. The van der Waals surface area contributed by atoms with Crippen molar-refractivity contribution in [2.24, 2.45) is 0 Å². The summed E-state index contributed by atoms with van der Waals surface area (Å²) in [7, 11) is 0. The molecule has 0 aliphatic rings. The predicted molar refractivity (Wildman–Crippen MR) is 83.2 cm³/mol. The van der Waals surface area contributed by atoms with Crippen LogP contribution in [0.1, 0.15) is 18.3 Å². The third-order valence-electron chi connectivity index (χ3n) is 2.87. The van der Waals surface area contributed by atoms with Crippen molar-refractivity contribution >= 4 is 37.5 Å². The highest BCUT2D eigenvalue weighted by Crippen LogP contribution is 2.30. The van der Waals surface area contributed by atoms with Crippen molar-refractivity contribution in [3.05, 3.63) is 38.3 Å². The van der Waals surface area contributed by atoms with E-state index in [1.807, 2.05) is 18.5 Å². The maximum absolute atomic E-state index is 13.5. The SMILES string of the molecule is CCn1nc(C)c(Br)c1COc1cc(F)c(Br)cc1N. The van der Waals surface area contributed by atoms with E-state index in [-0.39, 0.29) is 6.61 Å². The number of nitrogens with zero attached hydrogens (tertiary/aromatic N) is 2. The first-order chi connectivity index (χ1) is 9.43. The van der Waals surface area contributed by atoms with E-state index in [4.69, 9.17) is 10.5 Å². The number of hydrogen-bond donors (Lipinski definition) is 1. The van der Waals surface area contributed by atoms with Crippen molar-refractivity contribution in [3.63, 3.8) is 0 Å². The van der Waals surface area contributed by atoms with E-state index in [1.54, 1.807) is 0 Å². The molecule has 0 bridgehead atoms. The molecule has 0 atom stereocenters. The summed E-state index contributed by atoms with van der Waals surface area (Å²) >= 11 is 6.57. The van der Waals surface area contributed by atoms with Gasteiger partial charge >= 0.3 is 0 Å². The van der Waals surface area contributed by atoms with Crippen molar-refractivity contribution in [1.29, 1.82) is 0 Å². The van der Waals surface area contributed by atoms with Gasteiger partial charge in [0.1, 0.15) is 18.2 Å². The Bertz CT molecular complexity index is 643. The number of nitrogen functional groups attached to an aromatic ring is 1. The van der Waals surface area contributed by atoms with Gasteiger partial charge in [0.05, 0.1) is 26.0 Å². The fraction of sp³-hybridized carbons (Fsp3) is 0.308. The van der Waals surface area contributed by atoms with Crippen molar-refractivity contribution in [2.45, 2.75) is 27.0 Å². The van der Waals surface area contributed by atoms with E-state index in [9.17, 15) is 4.39 Å². The molecule has 0 radical (unpaired) electrons. The number of hydrogen-bond acceptors (Lipinski definition) is 3. The number of anilines is 1. The first-order valence-corrected chi connectivity index (χ1v) is 7.61. The van der Waals surface area contributed by atoms with Crippen LogP contribution in [0.15, 0.2) is 21.1 Å². The lowest BCUT2D eigenvalue weighted by Crippen LogP contribution is -2.07. The Morgan fingerprint density at radius 1 is 1.40 bits per heavy atom. The van der Waals surface area contributed by atoms with Crippen LogP contribution in [0.2, 0.25) is 0 Å². The molecule has 0 fully saturated rings. The van der Waals surface area contributed by atoms with Gasteiger partial charge in [-0.25, -0.2) is 4.39 Å². The van der Waals surface area contributed by atoms with Crippen LogP contribution in [0.4, 0.5) is 10.1 Å². The van der Waals surface area contributed by atoms with Gasteiger partial charge in [-0.15, -0.1) is 0 Å². The van der Waals surface area contributed by atoms with E-state index >= 15 is 0 Å². The minimum absolute atomic E-state index is 0.264. The molecule has 108 valence electrons. The van der Waals surface area contributed by atoms with Gasteiger partial charge in [-0.2, -0.15) is 5.10 Å². The third kappa shape index (κ3) is 2.98. The minimum Gasteiger partial charge on any atom is -0.485 e. The van der Waals surface area contributed by atoms with Crippen LogP contribution in [-0.4, -0.2) is 9.78 Å². The number of nitrogens with two attached hydrogens (primary N) is 1. The fourth-order valence-corrected chi connectivity index (χ4v) is 2.58. The lowest BCUT2D eigenvalue weighted by Gasteiger charge is -2.11. The van der Waals surface area contributed by atoms with Crippen LogP contribution >= 0.6 is 31.9 Å². The van der Waals surface area contributed by atoms with Crippen LogP contribution in [-0.2, 0) is 13.2 Å². The number of halogens is 3. The average molecular weight is 407 g/mol. The second kappa shape index (κ2) is 6.13. The van der Waals surface area contributed by atoms with Crippen LogP contribution < -0.4 is 10.5 Å². The number of aromatic nitrogens is 2. The number of rotatable bonds is 4. The van der Waals surface area contributed by atoms with Crippen molar-refractivity contribution in [2.75, 3.05) is 5.73 Å². The van der Waals surface area contributed by atoms with Gasteiger partial charge in [-0.05, 0) is 51.8 Å². The molecule has 2 N–H and O–H groups in total. The van der Waals surface area contributed by atoms with E-state index in [2.05, 4.69) is 37.0 Å². The van der Waals surface area contributed by atoms with Gasteiger partial charge in [0.25, 0.3) is 0 Å². The molecule has 1 aromatic heterocycles. The maximum atomic E-state index is 13.5. The third-order valence-corrected chi connectivity index (χ3v) is 4.51. The Labute approximate surface area is 133 Å². The standard InChI is InChI=1S/C13H14Br2FN3O/c1-3-19-11(13(15)7(2)18-19)6-20-12-5-9(16)8(14)4-10(12)17/h4-5H,3,6,17H2,1-2H3. The van der Waals surface area contributed by atoms with Gasteiger partial charge in [0.15, 0.2) is 0 Å². The molecule has 0 aliphatic carbocycles. The van der Waals surface area contributed by atoms with E-state index < -0.39 is 5.82 Å². The first-order valence-electron chi connectivity index (χ1n) is 6.03. The number of benzene rings is 1. The Hall–Kier alpha value is -1.08. The summed E-state index contributed by atoms with van der Waals surface area (Å²) in [6.45, 7) is 4.90. The molecule has 4 nitrogen and oxygen atoms in total. The minimum atomic E-state index is -0.409. The second-order valence-corrected chi connectivity index (χ2v) is 5.90. The lowest BCUT2D eigenvalue weighted by atomic mass is 10.3. The molecule has 0 saturated carbocycles. The molecular formula is C13H14Br2FN3O. The molecule has 1 heterocycles. The van der Waals surface area contributed by atoms with Crippen LogP contribution in [0.25, 0.3) is 0 Å². The summed E-state index contributed by atoms with van der Waals surface area (Å²) in [4.78, 5) is 0. The molecule has 2 rings (SSSR count). The molecule has 2 aromatic rings. The highest BCUT2D eigenvalue weighted by atomic mass is 79.9. The monoisotopic (exact) mass is 405 g/mol. The zero-order valence-electron chi connectivity index (χ0n) is 11.1. The molecular weight excluding hydrogens is 393 g/mol. The predicted octanol–water partition coefficient (Wildman–Crippen LogP) is 4.04. The Kier molecular flexibility index (Phi) is 4.70. The second-order valence-electron chi connectivity index (χ2n) is 4.25. The lowest BCUT2D eigenvalue weighted by molar-refractivity contribution is 0.292. The molecule has 0 saturated heterocycles. The topological polar surface area (TPSA) is 53.1 Å². The van der Waals surface area contributed by atoms with Crippen molar-refractivity contribution in [3.8, 4) is 5.75 Å². The van der Waals surface area contributed by atoms with Crippen LogP contribution in [0.5, 0.6) is 5.75 Å². The quantitative estimate of drug-likeness (QED) is 0.779. The van der Waals surface area contributed by atoms with Crippen LogP contribution in [0, 0.1) is 12.7 Å². The van der Waals surface area contributed by atoms with Crippen LogP contribution in [0.3, 0.4) is 0 Å². The normalized spacial score (nSPS) is 10.8. The van der Waals surface area contributed by atoms with E-state index in [1.165, 1.54) is 12.1 Å². The molecule has 7 heteroatoms. The van der Waals surface area contributed by atoms with E-state index in [0.29, 0.717) is 15.9 Å². The van der Waals surface area contributed by atoms with Gasteiger partial charge in [0, 0.05) is 12.6 Å². The van der Waals surface area contributed by atoms with Gasteiger partial charge < -0.3 is 10.5 Å². The average Bonchev–Trinajstić information content (AvgIpc) is 2.68. The first kappa shape index (κ1) is 15.3. The summed E-state index contributed by atoms with van der Waals surface area (Å²) in [5.74, 6) is -0.0902. The summed E-state index contributed by atoms with van der Waals surface area (Å²) < 4.78 is 22.2. The fourth-order valence-electron chi connectivity index (χ4n) is 1.82. The van der Waals surface area contributed by atoms with Crippen molar-refractivity contribution in [1.82, 2.24) is 9.78 Å². The smallest absolute Gasteiger partial charge is 0.145 e. The Balaban J connectivity index is 2.23. The van der Waals surface area contributed by atoms with E-state index in [0.717, 1.165) is 22.4 Å². The van der Waals surface area contributed by atoms with Gasteiger partial charge in [-0.3, -0.25) is 4.68 Å². The maximum Gasteiger partial charge on any atom is 0.145 e. The Morgan fingerprint density at radius 3 is 2.75 bits per heavy atom. The summed E-state index contributed by atoms with van der Waals surface area (Å²) in [6, 6.07) is 2.76. The summed E-state index contributed by atoms with van der Waals surface area (Å²) in [6.07, 6.45) is 0. The van der Waals surface area contributed by atoms with Gasteiger partial charge in [0.2, 0.25) is 0 Å². The molecule has 1 aromatic carbocycles. The molecule has 20 heavy (non-hydrogen) atoms. The van der Waals surface area contributed by atoms with Crippen molar-refractivity contribution < 1.29 is 9.13 Å². The Morgan fingerprint density at radius 2 is 2.10 bits per heavy atom. The number of aryl methyl sites for hydroxylation is 2. The highest BCUT2D eigenvalue weighted by molar-refractivity contribution is 9.10. The summed E-state index contributed by atoms with van der Waals surface area (Å²) in [5.41, 5.74) is 7.98. The molecule has 0 amide bonds. The number of ether oxygens (including phenoxy) is 1. The zero-order chi connectivity index (χ0) is 14.9. The zero-order valence-corrected chi connectivity index (χ0v) is 14.3. The largest absolute Gasteiger partial charge is 0.485 e. The summed E-state index contributed by atoms with van der Waals surface area (Å²) in [5, 5.41) is 4.37. The highest BCUT2D eigenvalue weighted by Gasteiger charge is 2.14. The molecule has 0 unspecified atom stereocenters. The van der Waals surface area contributed by atoms with Gasteiger partial charge in [-0.1, -0.05) is 0 Å².